The van der Waals surface area contributed by atoms with E-state index >= 15 is 0 Å². The molecule has 0 unspecified atom stereocenters. The zero-order chi connectivity index (χ0) is 12.7. The fraction of sp³-hybridized carbons (Fsp3) is 0.643. The Bertz CT molecular complexity index is 393. The smallest absolute Gasteiger partial charge is 0.342 e. The monoisotopic (exact) mass is 238 g/mol. The van der Waals surface area contributed by atoms with Crippen LogP contribution < -0.4 is 5.63 Å². The van der Waals surface area contributed by atoms with Gasteiger partial charge in [-0.2, -0.15) is 0 Å². The van der Waals surface area contributed by atoms with Gasteiger partial charge in [0.05, 0.1) is 5.56 Å². The maximum absolute atomic E-state index is 11.5. The lowest BCUT2D eigenvalue weighted by atomic mass is 10.1. The average molecular weight is 238 g/mol. The van der Waals surface area contributed by atoms with Crippen LogP contribution in [0.5, 0.6) is 5.75 Å². The second-order valence-electron chi connectivity index (χ2n) is 4.53. The van der Waals surface area contributed by atoms with E-state index in [1.807, 2.05) is 0 Å². The summed E-state index contributed by atoms with van der Waals surface area (Å²) in [7, 11) is 0. The molecule has 0 aliphatic heterocycles. The van der Waals surface area contributed by atoms with Gasteiger partial charge in [0.15, 0.2) is 0 Å². The minimum atomic E-state index is -0.393. The van der Waals surface area contributed by atoms with Gasteiger partial charge in [-0.1, -0.05) is 39.0 Å². The molecule has 3 nitrogen and oxygen atoms in total. The molecule has 96 valence electrons. The Labute approximate surface area is 102 Å². The van der Waals surface area contributed by atoms with Crippen molar-refractivity contribution < 1.29 is 9.52 Å². The van der Waals surface area contributed by atoms with Crippen LogP contribution in [0.2, 0.25) is 0 Å². The lowest BCUT2D eigenvalue weighted by molar-refractivity contribution is 0.420. The standard InChI is InChI=1S/C14H22O3/c1-3-4-5-6-7-8-9-12-13(15)10-11(2)17-14(12)16/h10,15H,3-9H2,1-2H3. The topological polar surface area (TPSA) is 50.4 Å². The molecule has 0 spiro atoms. The molecule has 0 radical (unpaired) electrons. The van der Waals surface area contributed by atoms with Crippen molar-refractivity contribution in [2.45, 2.75) is 58.8 Å². The normalized spacial score (nSPS) is 10.7. The molecular weight excluding hydrogens is 216 g/mol. The summed E-state index contributed by atoms with van der Waals surface area (Å²) in [5.74, 6) is 0.534. The molecule has 0 amide bonds. The Morgan fingerprint density at radius 1 is 1.18 bits per heavy atom. The van der Waals surface area contributed by atoms with Crippen LogP contribution >= 0.6 is 0 Å². The predicted octanol–water partition coefficient (Wildman–Crippen LogP) is 3.56. The zero-order valence-electron chi connectivity index (χ0n) is 10.8. The Morgan fingerprint density at radius 2 is 1.82 bits per heavy atom. The first kappa shape index (κ1) is 13.8. The third-order valence-electron chi connectivity index (χ3n) is 2.93. The molecule has 0 fully saturated rings. The molecule has 0 atom stereocenters. The van der Waals surface area contributed by atoms with Gasteiger partial charge in [0.25, 0.3) is 0 Å². The zero-order valence-corrected chi connectivity index (χ0v) is 10.8. The molecule has 1 aromatic rings. The van der Waals surface area contributed by atoms with Gasteiger partial charge in [-0.15, -0.1) is 0 Å². The summed E-state index contributed by atoms with van der Waals surface area (Å²) in [5, 5.41) is 9.65. The van der Waals surface area contributed by atoms with Crippen molar-refractivity contribution in [2.24, 2.45) is 0 Å². The third kappa shape index (κ3) is 4.63. The lowest BCUT2D eigenvalue weighted by Gasteiger charge is -2.03. The molecule has 0 aliphatic rings. The van der Waals surface area contributed by atoms with Crippen molar-refractivity contribution in [1.29, 1.82) is 0 Å². The van der Waals surface area contributed by atoms with Crippen LogP contribution in [-0.2, 0) is 6.42 Å². The number of unbranched alkanes of at least 4 members (excludes halogenated alkanes) is 5. The van der Waals surface area contributed by atoms with Crippen molar-refractivity contribution in [3.8, 4) is 5.75 Å². The van der Waals surface area contributed by atoms with Gasteiger partial charge in [0.2, 0.25) is 0 Å². The molecule has 0 saturated heterocycles. The molecule has 1 aromatic heterocycles. The lowest BCUT2D eigenvalue weighted by Crippen LogP contribution is -2.08. The molecule has 1 N–H and O–H groups in total. The van der Waals surface area contributed by atoms with Gasteiger partial charge in [-0.05, 0) is 19.8 Å². The van der Waals surface area contributed by atoms with Crippen LogP contribution in [0.3, 0.4) is 0 Å². The Hall–Kier alpha value is -1.25. The quantitative estimate of drug-likeness (QED) is 0.739. The van der Waals surface area contributed by atoms with E-state index in [0.717, 1.165) is 12.8 Å². The van der Waals surface area contributed by atoms with Gasteiger partial charge >= 0.3 is 5.63 Å². The van der Waals surface area contributed by atoms with Crippen molar-refractivity contribution in [3.05, 3.63) is 27.8 Å². The van der Waals surface area contributed by atoms with E-state index in [1.165, 1.54) is 31.7 Å². The van der Waals surface area contributed by atoms with Crippen molar-refractivity contribution in [1.82, 2.24) is 0 Å². The van der Waals surface area contributed by atoms with Crippen molar-refractivity contribution in [3.63, 3.8) is 0 Å². The molecular formula is C14H22O3. The van der Waals surface area contributed by atoms with E-state index in [9.17, 15) is 9.90 Å². The highest BCUT2D eigenvalue weighted by atomic mass is 16.4. The first-order valence-electron chi connectivity index (χ1n) is 6.47. The van der Waals surface area contributed by atoms with E-state index < -0.39 is 5.63 Å². The molecule has 0 aliphatic carbocycles. The van der Waals surface area contributed by atoms with E-state index in [4.69, 9.17) is 4.42 Å². The van der Waals surface area contributed by atoms with E-state index in [1.54, 1.807) is 6.92 Å². The third-order valence-corrected chi connectivity index (χ3v) is 2.93. The fourth-order valence-corrected chi connectivity index (χ4v) is 1.93. The minimum absolute atomic E-state index is 0.0762. The predicted molar refractivity (Wildman–Crippen MR) is 68.5 cm³/mol. The van der Waals surface area contributed by atoms with Gasteiger partial charge in [-0.25, -0.2) is 4.79 Å². The molecule has 0 bridgehead atoms. The van der Waals surface area contributed by atoms with Crippen LogP contribution in [0.15, 0.2) is 15.3 Å². The average Bonchev–Trinajstić information content (AvgIpc) is 2.26. The summed E-state index contributed by atoms with van der Waals surface area (Å²) in [4.78, 5) is 11.5. The van der Waals surface area contributed by atoms with Crippen LogP contribution in [0.4, 0.5) is 0 Å². The number of hydrogen-bond donors (Lipinski definition) is 1. The second kappa shape index (κ2) is 7.15. The summed E-state index contributed by atoms with van der Waals surface area (Å²) < 4.78 is 4.97. The van der Waals surface area contributed by atoms with Crippen LogP contribution in [0, 0.1) is 6.92 Å². The van der Waals surface area contributed by atoms with Crippen molar-refractivity contribution >= 4 is 0 Å². The number of rotatable bonds is 7. The SMILES string of the molecule is CCCCCCCCc1c(O)cc(C)oc1=O. The summed E-state index contributed by atoms with van der Waals surface area (Å²) in [6.45, 7) is 3.85. The highest BCUT2D eigenvalue weighted by molar-refractivity contribution is 5.29. The summed E-state index contributed by atoms with van der Waals surface area (Å²) in [6, 6.07) is 1.51. The molecule has 0 aromatic carbocycles. The first-order valence-corrected chi connectivity index (χ1v) is 6.47. The van der Waals surface area contributed by atoms with Crippen LogP contribution in [0.25, 0.3) is 0 Å². The highest BCUT2D eigenvalue weighted by Gasteiger charge is 2.08. The number of hydrogen-bond acceptors (Lipinski definition) is 3. The molecule has 3 heteroatoms. The van der Waals surface area contributed by atoms with Gasteiger partial charge in [0.1, 0.15) is 11.5 Å². The van der Waals surface area contributed by atoms with Crippen LogP contribution in [0.1, 0.15) is 56.8 Å². The maximum atomic E-state index is 11.5. The Kier molecular flexibility index (Phi) is 5.81. The Morgan fingerprint density at radius 3 is 2.47 bits per heavy atom. The van der Waals surface area contributed by atoms with Crippen LogP contribution in [-0.4, -0.2) is 5.11 Å². The van der Waals surface area contributed by atoms with Crippen molar-refractivity contribution in [2.75, 3.05) is 0 Å². The van der Waals surface area contributed by atoms with Gasteiger partial charge < -0.3 is 9.52 Å². The summed E-state index contributed by atoms with van der Waals surface area (Å²) in [6.07, 6.45) is 7.62. The first-order chi connectivity index (χ1) is 8.15. The summed E-state index contributed by atoms with van der Waals surface area (Å²) in [5.41, 5.74) is 0.0298. The fourth-order valence-electron chi connectivity index (χ4n) is 1.93. The second-order valence-corrected chi connectivity index (χ2v) is 4.53. The Balaban J connectivity index is 2.39. The molecule has 17 heavy (non-hydrogen) atoms. The maximum Gasteiger partial charge on any atom is 0.342 e. The largest absolute Gasteiger partial charge is 0.507 e. The van der Waals surface area contributed by atoms with Gasteiger partial charge in [0, 0.05) is 6.07 Å². The highest BCUT2D eigenvalue weighted by Crippen LogP contribution is 2.17. The van der Waals surface area contributed by atoms with E-state index in [-0.39, 0.29) is 5.75 Å². The molecule has 1 heterocycles. The number of aryl methyl sites for hydroxylation is 1. The van der Waals surface area contributed by atoms with Gasteiger partial charge in [-0.3, -0.25) is 0 Å². The molecule has 0 saturated carbocycles. The summed E-state index contributed by atoms with van der Waals surface area (Å²) >= 11 is 0. The van der Waals surface area contributed by atoms with E-state index in [2.05, 4.69) is 6.92 Å². The minimum Gasteiger partial charge on any atom is -0.507 e. The number of aromatic hydroxyl groups is 1. The molecule has 1 rings (SSSR count). The van der Waals surface area contributed by atoms with E-state index in [0.29, 0.717) is 17.7 Å².